The average Bonchev–Trinajstić information content (AvgIpc) is 2.95. The van der Waals surface area contributed by atoms with Crippen molar-refractivity contribution in [1.29, 1.82) is 0 Å². The van der Waals surface area contributed by atoms with Crippen molar-refractivity contribution in [2.45, 2.75) is 38.1 Å². The number of amides is 2. The van der Waals surface area contributed by atoms with Crippen molar-refractivity contribution in [2.75, 3.05) is 9.80 Å². The zero-order valence-electron chi connectivity index (χ0n) is 18.0. The lowest BCUT2D eigenvalue weighted by Gasteiger charge is -2.36. The van der Waals surface area contributed by atoms with Crippen LogP contribution in [-0.2, 0) is 11.3 Å². The minimum Gasteiger partial charge on any atom is -0.386 e. The summed E-state index contributed by atoms with van der Waals surface area (Å²) in [5.41, 5.74) is -0.599. The first-order chi connectivity index (χ1) is 15.0. The number of benzene rings is 3. The first-order valence-electron chi connectivity index (χ1n) is 10.2. The molecule has 166 valence electrons. The molecule has 32 heavy (non-hydrogen) atoms. The van der Waals surface area contributed by atoms with Gasteiger partial charge in [-0.2, -0.15) is 0 Å². The second-order valence-corrected chi connectivity index (χ2v) is 9.36. The highest BCUT2D eigenvalue weighted by molar-refractivity contribution is 6.31. The van der Waals surface area contributed by atoms with E-state index in [1.165, 1.54) is 4.90 Å². The Morgan fingerprint density at radius 1 is 0.906 bits per heavy atom. The van der Waals surface area contributed by atoms with Crippen LogP contribution in [0.15, 0.2) is 72.8 Å². The molecule has 0 spiro atoms. The van der Waals surface area contributed by atoms with Gasteiger partial charge in [-0.05, 0) is 80.9 Å². The number of carbonyl (C=O) groups is 1. The van der Waals surface area contributed by atoms with Crippen molar-refractivity contribution in [3.63, 3.8) is 0 Å². The Morgan fingerprint density at radius 2 is 1.44 bits per heavy atom. The molecule has 3 aromatic carbocycles. The third kappa shape index (κ3) is 3.76. The zero-order valence-corrected chi connectivity index (χ0v) is 19.5. The highest BCUT2D eigenvalue weighted by atomic mass is 35.5. The van der Waals surface area contributed by atoms with Crippen molar-refractivity contribution in [2.24, 2.45) is 0 Å². The molecule has 0 bridgehead atoms. The Morgan fingerprint density at radius 3 is 1.97 bits per heavy atom. The van der Waals surface area contributed by atoms with Gasteiger partial charge in [0.05, 0.1) is 11.6 Å². The molecule has 7 heteroatoms. The minimum absolute atomic E-state index is 0.390. The summed E-state index contributed by atoms with van der Waals surface area (Å²) in [4.78, 5) is 16.6. The van der Waals surface area contributed by atoms with Gasteiger partial charge in [0.25, 0.3) is 0 Å². The van der Waals surface area contributed by atoms with E-state index in [9.17, 15) is 15.0 Å². The number of nitrogens with zero attached hydrogens (tertiary/aromatic N) is 2. The first-order valence-corrected chi connectivity index (χ1v) is 11.0. The van der Waals surface area contributed by atoms with Crippen molar-refractivity contribution in [3.8, 4) is 0 Å². The molecule has 2 N–H and O–H groups in total. The Bertz CT molecular complexity index is 1140. The molecule has 1 fully saturated rings. The fourth-order valence-electron chi connectivity index (χ4n) is 4.12. The quantitative estimate of drug-likeness (QED) is 0.498. The summed E-state index contributed by atoms with van der Waals surface area (Å²) in [6.45, 7) is 5.14. The van der Waals surface area contributed by atoms with Gasteiger partial charge < -0.3 is 10.2 Å². The van der Waals surface area contributed by atoms with Crippen molar-refractivity contribution >= 4 is 40.6 Å². The predicted octanol–water partition coefficient (Wildman–Crippen LogP) is 5.90. The second kappa shape index (κ2) is 8.09. The highest BCUT2D eigenvalue weighted by Gasteiger charge is 2.56. The van der Waals surface area contributed by atoms with Crippen LogP contribution in [0.4, 0.5) is 16.2 Å². The maximum absolute atomic E-state index is 13.7. The molecule has 1 aliphatic rings. The van der Waals surface area contributed by atoms with E-state index in [1.807, 2.05) is 0 Å². The average molecular weight is 471 g/mol. The van der Waals surface area contributed by atoms with Gasteiger partial charge in [-0.15, -0.1) is 0 Å². The van der Waals surface area contributed by atoms with E-state index >= 15 is 0 Å². The number of hydrogen-bond donors (Lipinski definition) is 2. The maximum Gasteiger partial charge on any atom is 0.332 e. The molecule has 1 heterocycles. The summed E-state index contributed by atoms with van der Waals surface area (Å²) in [5.74, 6) is 0. The molecule has 4 rings (SSSR count). The fourth-order valence-corrected chi connectivity index (χ4v) is 4.37. The third-order valence-corrected chi connectivity index (χ3v) is 6.40. The second-order valence-electron chi connectivity index (χ2n) is 8.48. The van der Waals surface area contributed by atoms with E-state index < -0.39 is 23.4 Å². The van der Waals surface area contributed by atoms with Crippen LogP contribution in [0.5, 0.6) is 0 Å². The first kappa shape index (κ1) is 22.6. The lowest BCUT2D eigenvalue weighted by Crippen LogP contribution is -2.48. The molecule has 5 nitrogen and oxygen atoms in total. The van der Waals surface area contributed by atoms with Gasteiger partial charge in [0.15, 0.2) is 5.72 Å². The fraction of sp³-hybridized carbons (Fsp3) is 0.240. The van der Waals surface area contributed by atoms with Crippen LogP contribution >= 0.6 is 23.2 Å². The number of aliphatic hydroxyl groups is 2. The monoisotopic (exact) mass is 470 g/mol. The molecule has 3 aromatic rings. The van der Waals surface area contributed by atoms with Crippen molar-refractivity contribution < 1.29 is 15.0 Å². The van der Waals surface area contributed by atoms with E-state index in [0.717, 1.165) is 0 Å². The molecule has 0 radical (unpaired) electrons. The van der Waals surface area contributed by atoms with E-state index in [2.05, 4.69) is 0 Å². The minimum atomic E-state index is -1.72. The van der Waals surface area contributed by atoms with Crippen LogP contribution < -0.4 is 9.80 Å². The van der Waals surface area contributed by atoms with Crippen molar-refractivity contribution in [3.05, 3.63) is 94.0 Å². The topological polar surface area (TPSA) is 64.0 Å². The van der Waals surface area contributed by atoms with Gasteiger partial charge in [-0.25, -0.2) is 4.79 Å². The third-order valence-electron chi connectivity index (χ3n) is 5.89. The molecular weight excluding hydrogens is 447 g/mol. The molecule has 2 atom stereocenters. The van der Waals surface area contributed by atoms with Gasteiger partial charge in [-0.3, -0.25) is 9.80 Å². The number of urea groups is 1. The van der Waals surface area contributed by atoms with Crippen LogP contribution in [0, 0.1) is 0 Å². The summed E-state index contributed by atoms with van der Waals surface area (Å²) in [6.07, 6.45) is 0. The number of hydrogen-bond acceptors (Lipinski definition) is 3. The molecular formula is C25H24Cl2N2O3. The summed E-state index contributed by atoms with van der Waals surface area (Å²) < 4.78 is 0. The summed E-state index contributed by atoms with van der Waals surface area (Å²) in [5, 5.41) is 23.8. The number of anilines is 2. The van der Waals surface area contributed by atoms with E-state index in [1.54, 1.807) is 98.5 Å². The molecule has 0 aromatic heterocycles. The normalized spacial score (nSPS) is 21.3. The highest BCUT2D eigenvalue weighted by Crippen LogP contribution is 2.45. The van der Waals surface area contributed by atoms with E-state index in [0.29, 0.717) is 32.5 Å². The zero-order chi connectivity index (χ0) is 23.3. The SMILES string of the molecule is C[C@H]1N(c2ccc(Cl)cc2)C(=O)N(c2ccc(Cl)cc2)C1(O)c1cccc(C(C)(C)O)c1. The number of rotatable bonds is 4. The van der Waals surface area contributed by atoms with Crippen LogP contribution in [0.2, 0.25) is 10.0 Å². The molecule has 1 unspecified atom stereocenters. The lowest BCUT2D eigenvalue weighted by molar-refractivity contribution is 0.0362. The van der Waals surface area contributed by atoms with Gasteiger partial charge in [0.1, 0.15) is 0 Å². The lowest BCUT2D eigenvalue weighted by atomic mass is 9.89. The van der Waals surface area contributed by atoms with Gasteiger partial charge in [0.2, 0.25) is 0 Å². The van der Waals surface area contributed by atoms with E-state index in [4.69, 9.17) is 23.2 Å². The summed E-state index contributed by atoms with van der Waals surface area (Å²) in [6, 6.07) is 19.6. The Balaban J connectivity index is 1.91. The van der Waals surface area contributed by atoms with Crippen LogP contribution in [-0.4, -0.2) is 22.3 Å². The number of carbonyl (C=O) groups excluding carboxylic acids is 1. The van der Waals surface area contributed by atoms with Crippen molar-refractivity contribution in [1.82, 2.24) is 0 Å². The van der Waals surface area contributed by atoms with Gasteiger partial charge >= 0.3 is 6.03 Å². The standard InChI is InChI=1S/C25H24Cl2N2O3/c1-16-25(32,18-6-4-5-17(15-18)24(2,3)31)29(22-13-9-20(27)10-14-22)23(30)28(16)21-11-7-19(26)8-12-21/h4-16,31-32H,1-3H3/t16-,25?/m1/s1. The Kier molecular flexibility index (Phi) is 5.72. The van der Waals surface area contributed by atoms with E-state index in [-0.39, 0.29) is 0 Å². The molecule has 0 saturated carbocycles. The molecule has 0 aliphatic carbocycles. The van der Waals surface area contributed by atoms with Gasteiger partial charge in [-0.1, -0.05) is 41.4 Å². The largest absolute Gasteiger partial charge is 0.386 e. The summed E-state index contributed by atoms with van der Waals surface area (Å²) >= 11 is 12.1. The molecule has 1 saturated heterocycles. The van der Waals surface area contributed by atoms with Crippen LogP contribution in [0.25, 0.3) is 0 Å². The van der Waals surface area contributed by atoms with Crippen LogP contribution in [0.1, 0.15) is 31.9 Å². The van der Waals surface area contributed by atoms with Crippen LogP contribution in [0.3, 0.4) is 0 Å². The summed E-state index contributed by atoms with van der Waals surface area (Å²) in [7, 11) is 0. The number of halogens is 2. The predicted molar refractivity (Wildman–Crippen MR) is 128 cm³/mol. The van der Waals surface area contributed by atoms with Gasteiger partial charge in [0, 0.05) is 27.0 Å². The smallest absolute Gasteiger partial charge is 0.332 e. The molecule has 2 amide bonds. The Hall–Kier alpha value is -2.57. The molecule has 1 aliphatic heterocycles. The Labute approximate surface area is 197 Å². The maximum atomic E-state index is 13.7.